The van der Waals surface area contributed by atoms with Crippen molar-refractivity contribution in [2.75, 3.05) is 11.9 Å². The highest BCUT2D eigenvalue weighted by Crippen LogP contribution is 2.26. The molecule has 1 unspecified atom stereocenters. The van der Waals surface area contributed by atoms with Crippen LogP contribution in [0, 0.1) is 12.8 Å². The van der Waals surface area contributed by atoms with Gasteiger partial charge in [-0.1, -0.05) is 20.8 Å². The molecule has 2 heterocycles. The number of aromatic nitrogens is 3. The van der Waals surface area contributed by atoms with Crippen LogP contribution in [0.3, 0.4) is 0 Å². The fourth-order valence-corrected chi connectivity index (χ4v) is 2.94. The van der Waals surface area contributed by atoms with Crippen LogP contribution < -0.4 is 5.32 Å². The van der Waals surface area contributed by atoms with E-state index in [2.05, 4.69) is 53.7 Å². The van der Waals surface area contributed by atoms with Crippen LogP contribution in [0.15, 0.2) is 12.4 Å². The summed E-state index contributed by atoms with van der Waals surface area (Å²) in [6.07, 6.45) is 5.13. The molecule has 0 fully saturated rings. The van der Waals surface area contributed by atoms with Gasteiger partial charge in [-0.05, 0) is 26.2 Å². The highest BCUT2D eigenvalue weighted by molar-refractivity contribution is 7.11. The lowest BCUT2D eigenvalue weighted by Crippen LogP contribution is -2.15. The molecular weight excluding hydrogens is 268 g/mol. The summed E-state index contributed by atoms with van der Waals surface area (Å²) >= 11 is 1.79. The zero-order chi connectivity index (χ0) is 14.7. The second-order valence-electron chi connectivity index (χ2n) is 5.58. The van der Waals surface area contributed by atoms with Crippen molar-refractivity contribution in [1.29, 1.82) is 0 Å². The minimum Gasteiger partial charge on any atom is -0.355 e. The van der Waals surface area contributed by atoms with Crippen LogP contribution in [0.25, 0.3) is 0 Å². The molecule has 2 aromatic rings. The first-order chi connectivity index (χ1) is 9.51. The van der Waals surface area contributed by atoms with Gasteiger partial charge < -0.3 is 9.88 Å². The maximum Gasteiger partial charge on any atom is 0.203 e. The molecule has 0 amide bonds. The third-order valence-electron chi connectivity index (χ3n) is 3.22. The van der Waals surface area contributed by atoms with Gasteiger partial charge in [0.2, 0.25) is 5.95 Å². The fraction of sp³-hybridized carbons (Fsp3) is 0.600. The largest absolute Gasteiger partial charge is 0.355 e. The Labute approximate surface area is 125 Å². The van der Waals surface area contributed by atoms with Crippen LogP contribution in [-0.2, 0) is 6.42 Å². The first-order valence-electron chi connectivity index (χ1n) is 7.25. The predicted molar refractivity (Wildman–Crippen MR) is 85.6 cm³/mol. The molecule has 0 bridgehead atoms. The van der Waals surface area contributed by atoms with Crippen LogP contribution >= 0.6 is 11.3 Å². The first kappa shape index (κ1) is 15.0. The van der Waals surface area contributed by atoms with E-state index in [0.717, 1.165) is 29.6 Å². The van der Waals surface area contributed by atoms with Crippen molar-refractivity contribution >= 4 is 17.3 Å². The average Bonchev–Trinajstić information content (AvgIpc) is 3.01. The Morgan fingerprint density at radius 2 is 2.10 bits per heavy atom. The number of aryl methyl sites for hydroxylation is 2. The lowest BCUT2D eigenvalue weighted by Gasteiger charge is -2.15. The van der Waals surface area contributed by atoms with Gasteiger partial charge in [-0.15, -0.1) is 11.3 Å². The molecule has 20 heavy (non-hydrogen) atoms. The predicted octanol–water partition coefficient (Wildman–Crippen LogP) is 3.89. The molecule has 2 rings (SSSR count). The van der Waals surface area contributed by atoms with Gasteiger partial charge in [0.15, 0.2) is 0 Å². The number of nitrogens with zero attached hydrogens (tertiary/aromatic N) is 3. The van der Waals surface area contributed by atoms with E-state index in [4.69, 9.17) is 0 Å². The van der Waals surface area contributed by atoms with Crippen LogP contribution in [0.5, 0.6) is 0 Å². The smallest absolute Gasteiger partial charge is 0.203 e. The van der Waals surface area contributed by atoms with Gasteiger partial charge in [-0.3, -0.25) is 0 Å². The standard InChI is InChI=1S/C15H24N4S/c1-6-13-8-16-14(20-13)12(5)19-9-11(4)18-15(19)17-7-10(2)3/h8-10,12H,6-7H2,1-5H3,(H,17,18). The molecule has 2 aromatic heterocycles. The van der Waals surface area contributed by atoms with Crippen molar-refractivity contribution in [3.63, 3.8) is 0 Å². The zero-order valence-corrected chi connectivity index (χ0v) is 13.8. The molecule has 0 saturated heterocycles. The second kappa shape index (κ2) is 6.39. The van der Waals surface area contributed by atoms with E-state index < -0.39 is 0 Å². The van der Waals surface area contributed by atoms with Gasteiger partial charge in [0.1, 0.15) is 5.01 Å². The summed E-state index contributed by atoms with van der Waals surface area (Å²) in [6, 6.07) is 0.219. The maximum absolute atomic E-state index is 4.58. The molecule has 1 atom stereocenters. The van der Waals surface area contributed by atoms with E-state index in [1.54, 1.807) is 11.3 Å². The summed E-state index contributed by atoms with van der Waals surface area (Å²) in [5.74, 6) is 1.54. The minimum absolute atomic E-state index is 0.219. The van der Waals surface area contributed by atoms with Crippen molar-refractivity contribution in [2.45, 2.75) is 47.1 Å². The molecule has 0 aliphatic carbocycles. The number of imidazole rings is 1. The first-order valence-corrected chi connectivity index (χ1v) is 8.06. The second-order valence-corrected chi connectivity index (χ2v) is 6.73. The van der Waals surface area contributed by atoms with Gasteiger partial charge in [0.25, 0.3) is 0 Å². The lowest BCUT2D eigenvalue weighted by molar-refractivity contribution is 0.625. The number of hydrogen-bond donors (Lipinski definition) is 1. The number of hydrogen-bond acceptors (Lipinski definition) is 4. The van der Waals surface area contributed by atoms with Crippen molar-refractivity contribution in [1.82, 2.24) is 14.5 Å². The Morgan fingerprint density at radius 1 is 1.35 bits per heavy atom. The highest BCUT2D eigenvalue weighted by Gasteiger charge is 2.16. The lowest BCUT2D eigenvalue weighted by atomic mass is 10.2. The summed E-state index contributed by atoms with van der Waals surface area (Å²) in [6.45, 7) is 11.7. The number of thiazole rings is 1. The number of nitrogens with one attached hydrogen (secondary N) is 1. The molecule has 0 aromatic carbocycles. The van der Waals surface area contributed by atoms with Gasteiger partial charge in [-0.25, -0.2) is 9.97 Å². The van der Waals surface area contributed by atoms with E-state index in [1.807, 2.05) is 13.1 Å². The molecule has 0 aliphatic rings. The average molecular weight is 292 g/mol. The van der Waals surface area contributed by atoms with Crippen LogP contribution in [0.1, 0.15) is 49.3 Å². The Morgan fingerprint density at radius 3 is 2.70 bits per heavy atom. The van der Waals surface area contributed by atoms with Gasteiger partial charge in [0.05, 0.1) is 11.7 Å². The topological polar surface area (TPSA) is 42.7 Å². The third kappa shape index (κ3) is 3.39. The van der Waals surface area contributed by atoms with Gasteiger partial charge in [-0.2, -0.15) is 0 Å². The summed E-state index contributed by atoms with van der Waals surface area (Å²) in [5, 5.41) is 4.58. The van der Waals surface area contributed by atoms with Gasteiger partial charge >= 0.3 is 0 Å². The van der Waals surface area contributed by atoms with Crippen LogP contribution in [-0.4, -0.2) is 21.1 Å². The number of anilines is 1. The quantitative estimate of drug-likeness (QED) is 0.878. The summed E-state index contributed by atoms with van der Waals surface area (Å²) in [4.78, 5) is 10.5. The highest BCUT2D eigenvalue weighted by atomic mass is 32.1. The Kier molecular flexibility index (Phi) is 4.81. The van der Waals surface area contributed by atoms with E-state index in [1.165, 1.54) is 4.88 Å². The number of rotatable bonds is 6. The van der Waals surface area contributed by atoms with E-state index >= 15 is 0 Å². The fourth-order valence-electron chi connectivity index (χ4n) is 2.04. The molecule has 1 N–H and O–H groups in total. The SMILES string of the molecule is CCc1cnc(C(C)n2cc(C)nc2NCC(C)C)s1. The normalized spacial score (nSPS) is 12.9. The molecule has 5 heteroatoms. The van der Waals surface area contributed by atoms with E-state index in [-0.39, 0.29) is 6.04 Å². The third-order valence-corrected chi connectivity index (χ3v) is 4.53. The van der Waals surface area contributed by atoms with Crippen molar-refractivity contribution < 1.29 is 0 Å². The molecule has 0 saturated carbocycles. The minimum atomic E-state index is 0.219. The Bertz CT molecular complexity index is 556. The van der Waals surface area contributed by atoms with Crippen molar-refractivity contribution in [2.24, 2.45) is 5.92 Å². The molecule has 0 aliphatic heterocycles. The Balaban J connectivity index is 2.22. The maximum atomic E-state index is 4.58. The van der Waals surface area contributed by atoms with Gasteiger partial charge in [0, 0.05) is 23.8 Å². The van der Waals surface area contributed by atoms with Crippen LogP contribution in [0.2, 0.25) is 0 Å². The monoisotopic (exact) mass is 292 g/mol. The van der Waals surface area contributed by atoms with Crippen molar-refractivity contribution in [3.8, 4) is 0 Å². The molecular formula is C15H24N4S. The van der Waals surface area contributed by atoms with E-state index in [9.17, 15) is 0 Å². The van der Waals surface area contributed by atoms with Crippen LogP contribution in [0.4, 0.5) is 5.95 Å². The molecule has 0 radical (unpaired) electrons. The molecule has 0 spiro atoms. The summed E-state index contributed by atoms with van der Waals surface area (Å²) < 4.78 is 2.19. The molecule has 110 valence electrons. The summed E-state index contributed by atoms with van der Waals surface area (Å²) in [7, 11) is 0. The van der Waals surface area contributed by atoms with E-state index in [0.29, 0.717) is 5.92 Å². The Hall–Kier alpha value is -1.36. The zero-order valence-electron chi connectivity index (χ0n) is 13.0. The summed E-state index contributed by atoms with van der Waals surface area (Å²) in [5.41, 5.74) is 1.04. The van der Waals surface area contributed by atoms with Crippen molar-refractivity contribution in [3.05, 3.63) is 28.0 Å². The molecule has 4 nitrogen and oxygen atoms in total.